The quantitative estimate of drug-likeness (QED) is 0.410. The number of rotatable bonds is 6. The first kappa shape index (κ1) is 18.2. The first-order valence-electron chi connectivity index (χ1n) is 8.29. The van der Waals surface area contributed by atoms with E-state index < -0.39 is 5.91 Å². The Morgan fingerprint density at radius 2 is 1.96 bits per heavy atom. The maximum atomic E-state index is 12.2. The van der Waals surface area contributed by atoms with Gasteiger partial charge in [-0.15, -0.1) is 0 Å². The van der Waals surface area contributed by atoms with Gasteiger partial charge in [-0.2, -0.15) is 5.10 Å². The van der Waals surface area contributed by atoms with E-state index >= 15 is 0 Å². The number of nitrogens with one attached hydrogen (secondary N) is 1. The van der Waals surface area contributed by atoms with Gasteiger partial charge in [0.1, 0.15) is 0 Å². The monoisotopic (exact) mass is 366 g/mol. The molecule has 3 aromatic rings. The van der Waals surface area contributed by atoms with Crippen molar-refractivity contribution in [2.24, 2.45) is 5.10 Å². The number of methoxy groups -OCH3 is 1. The van der Waals surface area contributed by atoms with E-state index in [1.165, 1.54) is 13.3 Å². The van der Waals surface area contributed by atoms with Crippen LogP contribution in [0.3, 0.4) is 0 Å². The van der Waals surface area contributed by atoms with Gasteiger partial charge in [0.15, 0.2) is 17.1 Å². The second-order valence-electron chi connectivity index (χ2n) is 5.53. The summed E-state index contributed by atoms with van der Waals surface area (Å²) >= 11 is 0. The van der Waals surface area contributed by atoms with Gasteiger partial charge in [0.05, 0.1) is 25.5 Å². The van der Waals surface area contributed by atoms with Crippen molar-refractivity contribution in [1.29, 1.82) is 0 Å². The number of carbonyl (C=O) groups is 2. The maximum Gasteiger partial charge on any atom is 0.338 e. The minimum atomic E-state index is -0.479. The molecular weight excluding hydrogens is 348 g/mol. The summed E-state index contributed by atoms with van der Waals surface area (Å²) in [6, 6.07) is 13.7. The van der Waals surface area contributed by atoms with Gasteiger partial charge in [0.25, 0.3) is 0 Å². The molecule has 0 aliphatic heterocycles. The molecule has 2 aromatic carbocycles. The first-order valence-corrected chi connectivity index (χ1v) is 8.29. The second-order valence-corrected chi connectivity index (χ2v) is 5.53. The molecule has 138 valence electrons. The van der Waals surface area contributed by atoms with E-state index in [0.717, 1.165) is 10.9 Å². The third-order valence-electron chi connectivity index (χ3n) is 3.75. The molecule has 1 N–H and O–H groups in total. The molecule has 0 saturated carbocycles. The van der Waals surface area contributed by atoms with Crippen LogP contribution in [0, 0.1) is 0 Å². The van der Waals surface area contributed by atoms with Crippen LogP contribution in [0.4, 0.5) is 0 Å². The number of hydrogen-bond donors (Lipinski definition) is 1. The van der Waals surface area contributed by atoms with Gasteiger partial charge in [-0.25, -0.2) is 10.2 Å². The highest BCUT2D eigenvalue weighted by atomic mass is 16.5. The van der Waals surface area contributed by atoms with Crippen molar-refractivity contribution in [2.75, 3.05) is 13.7 Å². The van der Waals surface area contributed by atoms with Crippen molar-refractivity contribution in [3.63, 3.8) is 0 Å². The topological polar surface area (TPSA) is 90.1 Å². The maximum absolute atomic E-state index is 12.2. The van der Waals surface area contributed by atoms with Crippen LogP contribution >= 0.6 is 0 Å². The largest absolute Gasteiger partial charge is 0.493 e. The van der Waals surface area contributed by atoms with Crippen molar-refractivity contribution in [3.8, 4) is 5.75 Å². The number of furan rings is 1. The lowest BCUT2D eigenvalue weighted by molar-refractivity contribution is 0.0526. The number of para-hydroxylation sites is 1. The average Bonchev–Trinajstić information content (AvgIpc) is 3.13. The Hall–Kier alpha value is -3.61. The zero-order valence-electron chi connectivity index (χ0n) is 14.9. The standard InChI is InChI=1S/C20H18N2O5/c1-3-26-20(24)14-9-7-13(8-10-14)12-21-22-19(23)17-11-15-5-4-6-16(25-2)18(15)27-17/h4-12H,3H2,1-2H3,(H,22,23)/b21-12-. The molecular formula is C20H18N2O5. The van der Waals surface area contributed by atoms with Gasteiger partial charge in [-0.05, 0) is 36.8 Å². The summed E-state index contributed by atoms with van der Waals surface area (Å²) in [5.41, 5.74) is 4.08. The van der Waals surface area contributed by atoms with Gasteiger partial charge in [0.2, 0.25) is 0 Å². The molecule has 0 saturated heterocycles. The van der Waals surface area contributed by atoms with Gasteiger partial charge < -0.3 is 13.9 Å². The zero-order chi connectivity index (χ0) is 19.2. The average molecular weight is 366 g/mol. The zero-order valence-corrected chi connectivity index (χ0v) is 14.9. The Morgan fingerprint density at radius 3 is 2.67 bits per heavy atom. The van der Waals surface area contributed by atoms with Crippen LogP contribution in [0.2, 0.25) is 0 Å². The molecule has 1 aromatic heterocycles. The Kier molecular flexibility index (Phi) is 5.51. The van der Waals surface area contributed by atoms with Crippen molar-refractivity contribution in [2.45, 2.75) is 6.92 Å². The van der Waals surface area contributed by atoms with E-state index in [2.05, 4.69) is 10.5 Å². The van der Waals surface area contributed by atoms with Crippen molar-refractivity contribution < 1.29 is 23.5 Å². The molecule has 1 heterocycles. The number of hydrazone groups is 1. The van der Waals surface area contributed by atoms with Crippen LogP contribution in [0.5, 0.6) is 5.75 Å². The summed E-state index contributed by atoms with van der Waals surface area (Å²) in [7, 11) is 1.54. The number of ether oxygens (including phenoxy) is 2. The van der Waals surface area contributed by atoms with Crippen molar-refractivity contribution >= 4 is 29.1 Å². The summed E-state index contributed by atoms with van der Waals surface area (Å²) in [5.74, 6) is -0.177. The summed E-state index contributed by atoms with van der Waals surface area (Å²) in [6.45, 7) is 2.07. The molecule has 0 aliphatic rings. The normalized spacial score (nSPS) is 10.9. The van der Waals surface area contributed by atoms with E-state index in [1.807, 2.05) is 12.1 Å². The Labute approximate surface area is 155 Å². The number of amides is 1. The summed E-state index contributed by atoms with van der Waals surface area (Å²) < 4.78 is 15.7. The fourth-order valence-electron chi connectivity index (χ4n) is 2.45. The highest BCUT2D eigenvalue weighted by Crippen LogP contribution is 2.28. The third-order valence-corrected chi connectivity index (χ3v) is 3.75. The Balaban J connectivity index is 1.66. The van der Waals surface area contributed by atoms with Crippen LogP contribution in [0.25, 0.3) is 11.0 Å². The van der Waals surface area contributed by atoms with Gasteiger partial charge in [0, 0.05) is 5.39 Å². The first-order chi connectivity index (χ1) is 13.1. The molecule has 1 amide bonds. The van der Waals surface area contributed by atoms with Crippen LogP contribution in [-0.4, -0.2) is 31.8 Å². The molecule has 0 unspecified atom stereocenters. The predicted molar refractivity (Wildman–Crippen MR) is 100 cm³/mol. The molecule has 0 fully saturated rings. The second kappa shape index (κ2) is 8.18. The highest BCUT2D eigenvalue weighted by molar-refractivity contribution is 5.97. The predicted octanol–water partition coefficient (Wildman–Crippen LogP) is 3.38. The van der Waals surface area contributed by atoms with Gasteiger partial charge in [-0.1, -0.05) is 24.3 Å². The molecule has 0 bridgehead atoms. The van der Waals surface area contributed by atoms with E-state index in [4.69, 9.17) is 13.9 Å². The van der Waals surface area contributed by atoms with Gasteiger partial charge >= 0.3 is 11.9 Å². The SMILES string of the molecule is CCOC(=O)c1ccc(/C=N\NC(=O)c2cc3cccc(OC)c3o2)cc1. The number of nitrogens with zero attached hydrogens (tertiary/aromatic N) is 1. The summed E-state index contributed by atoms with van der Waals surface area (Å²) in [4.78, 5) is 23.8. The molecule has 0 aliphatic carbocycles. The van der Waals surface area contributed by atoms with Crippen molar-refractivity contribution in [1.82, 2.24) is 5.43 Å². The fraction of sp³-hybridized carbons (Fsp3) is 0.150. The Bertz CT molecular complexity index is 989. The minimum Gasteiger partial charge on any atom is -0.493 e. The highest BCUT2D eigenvalue weighted by Gasteiger charge is 2.14. The lowest BCUT2D eigenvalue weighted by atomic mass is 10.1. The van der Waals surface area contributed by atoms with E-state index in [0.29, 0.717) is 23.5 Å². The van der Waals surface area contributed by atoms with Gasteiger partial charge in [-0.3, -0.25) is 4.79 Å². The van der Waals surface area contributed by atoms with Crippen molar-refractivity contribution in [3.05, 3.63) is 65.4 Å². The summed E-state index contributed by atoms with van der Waals surface area (Å²) in [6.07, 6.45) is 1.47. The summed E-state index contributed by atoms with van der Waals surface area (Å²) in [5, 5.41) is 4.67. The molecule has 3 rings (SSSR count). The van der Waals surface area contributed by atoms with Crippen LogP contribution in [0.15, 0.2) is 58.0 Å². The third kappa shape index (κ3) is 4.14. The Morgan fingerprint density at radius 1 is 1.19 bits per heavy atom. The van der Waals surface area contributed by atoms with Crippen LogP contribution in [-0.2, 0) is 4.74 Å². The van der Waals surface area contributed by atoms with E-state index in [1.54, 1.807) is 43.3 Å². The molecule has 0 atom stereocenters. The van der Waals surface area contributed by atoms with E-state index in [-0.39, 0.29) is 11.7 Å². The molecule has 0 spiro atoms. The number of fused-ring (bicyclic) bond motifs is 1. The smallest absolute Gasteiger partial charge is 0.338 e. The molecule has 7 heteroatoms. The van der Waals surface area contributed by atoms with E-state index in [9.17, 15) is 9.59 Å². The number of hydrogen-bond acceptors (Lipinski definition) is 6. The molecule has 7 nitrogen and oxygen atoms in total. The lowest BCUT2D eigenvalue weighted by Crippen LogP contribution is -2.16. The lowest BCUT2D eigenvalue weighted by Gasteiger charge is -2.01. The number of benzene rings is 2. The minimum absolute atomic E-state index is 0.129. The fourth-order valence-corrected chi connectivity index (χ4v) is 2.45. The molecule has 27 heavy (non-hydrogen) atoms. The molecule has 0 radical (unpaired) electrons. The van der Waals surface area contributed by atoms with Crippen LogP contribution in [0.1, 0.15) is 33.4 Å². The van der Waals surface area contributed by atoms with Crippen LogP contribution < -0.4 is 10.2 Å². The number of esters is 1. The number of carbonyl (C=O) groups excluding carboxylic acids is 2.